The van der Waals surface area contributed by atoms with E-state index < -0.39 is 5.76 Å². The predicted octanol–water partition coefficient (Wildman–Crippen LogP) is 0.327. The molecule has 0 aliphatic carbocycles. The summed E-state index contributed by atoms with van der Waals surface area (Å²) in [6.45, 7) is 0.411. The van der Waals surface area contributed by atoms with Crippen LogP contribution in [-0.4, -0.2) is 16.3 Å². The number of aromatic nitrogens is 2. The van der Waals surface area contributed by atoms with Crippen LogP contribution in [0.15, 0.2) is 39.5 Å². The van der Waals surface area contributed by atoms with Crippen LogP contribution >= 0.6 is 0 Å². The normalized spacial score (nSPS) is 10.5. The minimum absolute atomic E-state index is 0.367. The van der Waals surface area contributed by atoms with E-state index in [1.807, 2.05) is 18.2 Å². The molecule has 0 aliphatic rings. The number of para-hydroxylation sites is 1. The summed E-state index contributed by atoms with van der Waals surface area (Å²) in [7, 11) is 0. The second-order valence-corrected chi connectivity index (χ2v) is 3.05. The van der Waals surface area contributed by atoms with Crippen LogP contribution in [0.2, 0.25) is 0 Å². The standard InChI is InChI=1S/C10H11N3O2/c11-7-6-9-12-13(10(14)15-9)8-4-2-1-3-5-8/h1-5H,6-7,11H2. The van der Waals surface area contributed by atoms with Crippen molar-refractivity contribution < 1.29 is 4.42 Å². The first kappa shape index (κ1) is 9.67. The number of hydrogen-bond donors (Lipinski definition) is 1. The first-order chi connectivity index (χ1) is 7.31. The largest absolute Gasteiger partial charge is 0.441 e. The van der Waals surface area contributed by atoms with E-state index >= 15 is 0 Å². The van der Waals surface area contributed by atoms with Gasteiger partial charge in [0.2, 0.25) is 5.89 Å². The van der Waals surface area contributed by atoms with Gasteiger partial charge in [-0.25, -0.2) is 4.79 Å². The predicted molar refractivity (Wildman–Crippen MR) is 54.9 cm³/mol. The molecule has 0 bridgehead atoms. The van der Waals surface area contributed by atoms with E-state index in [-0.39, 0.29) is 0 Å². The van der Waals surface area contributed by atoms with Crippen molar-refractivity contribution in [3.8, 4) is 5.69 Å². The second-order valence-electron chi connectivity index (χ2n) is 3.05. The van der Waals surface area contributed by atoms with Gasteiger partial charge in [-0.3, -0.25) is 0 Å². The van der Waals surface area contributed by atoms with Gasteiger partial charge in [-0.15, -0.1) is 5.10 Å². The molecule has 0 saturated carbocycles. The molecule has 2 rings (SSSR count). The maximum Gasteiger partial charge on any atom is 0.441 e. The average Bonchev–Trinajstić information content (AvgIpc) is 2.61. The van der Waals surface area contributed by atoms with Crippen LogP contribution in [-0.2, 0) is 6.42 Å². The third-order valence-corrected chi connectivity index (χ3v) is 1.95. The molecule has 0 saturated heterocycles. The SMILES string of the molecule is NCCc1nn(-c2ccccc2)c(=O)o1. The Balaban J connectivity index is 2.41. The molecule has 5 nitrogen and oxygen atoms in total. The van der Waals surface area contributed by atoms with Crippen LogP contribution in [0.25, 0.3) is 5.69 Å². The lowest BCUT2D eigenvalue weighted by molar-refractivity contribution is 0.459. The molecule has 0 spiro atoms. The Kier molecular flexibility index (Phi) is 2.64. The summed E-state index contributed by atoms with van der Waals surface area (Å²) < 4.78 is 6.15. The molecule has 0 amide bonds. The van der Waals surface area contributed by atoms with Crippen molar-refractivity contribution in [3.63, 3.8) is 0 Å². The molecule has 15 heavy (non-hydrogen) atoms. The summed E-state index contributed by atoms with van der Waals surface area (Å²) >= 11 is 0. The minimum Gasteiger partial charge on any atom is -0.392 e. The number of nitrogens with zero attached hydrogens (tertiary/aromatic N) is 2. The Bertz CT molecular complexity index is 487. The topological polar surface area (TPSA) is 74.0 Å². The van der Waals surface area contributed by atoms with Gasteiger partial charge >= 0.3 is 5.76 Å². The number of nitrogens with two attached hydrogens (primary N) is 1. The summed E-state index contributed by atoms with van der Waals surface area (Å²) in [5, 5.41) is 4.03. The van der Waals surface area contributed by atoms with E-state index in [0.717, 1.165) is 0 Å². The molecule has 78 valence electrons. The summed E-state index contributed by atoms with van der Waals surface area (Å²) in [5.41, 5.74) is 6.04. The highest BCUT2D eigenvalue weighted by molar-refractivity contribution is 5.29. The highest BCUT2D eigenvalue weighted by atomic mass is 16.4. The van der Waals surface area contributed by atoms with Gasteiger partial charge in [0.25, 0.3) is 0 Å². The summed E-state index contributed by atoms with van der Waals surface area (Å²) in [6.07, 6.45) is 0.467. The molecule has 0 radical (unpaired) electrons. The smallest absolute Gasteiger partial charge is 0.392 e. The van der Waals surface area contributed by atoms with Crippen molar-refractivity contribution in [1.29, 1.82) is 0 Å². The lowest BCUT2D eigenvalue weighted by atomic mass is 10.3. The van der Waals surface area contributed by atoms with E-state index in [2.05, 4.69) is 5.10 Å². The van der Waals surface area contributed by atoms with E-state index in [1.54, 1.807) is 12.1 Å². The zero-order chi connectivity index (χ0) is 10.7. The van der Waals surface area contributed by atoms with E-state index in [9.17, 15) is 4.79 Å². The van der Waals surface area contributed by atoms with Gasteiger partial charge < -0.3 is 10.2 Å². The van der Waals surface area contributed by atoms with Gasteiger partial charge in [0.15, 0.2) is 0 Å². The highest BCUT2D eigenvalue weighted by Crippen LogP contribution is 2.03. The van der Waals surface area contributed by atoms with E-state index in [4.69, 9.17) is 10.2 Å². The highest BCUT2D eigenvalue weighted by Gasteiger charge is 2.07. The van der Waals surface area contributed by atoms with Gasteiger partial charge in [0.05, 0.1) is 5.69 Å². The molecule has 1 heterocycles. The molecule has 1 aromatic carbocycles. The van der Waals surface area contributed by atoms with Crippen molar-refractivity contribution in [2.75, 3.05) is 6.54 Å². The van der Waals surface area contributed by atoms with Crippen molar-refractivity contribution >= 4 is 0 Å². The second kappa shape index (κ2) is 4.10. The van der Waals surface area contributed by atoms with Crippen molar-refractivity contribution in [2.24, 2.45) is 5.73 Å². The molecule has 0 unspecified atom stereocenters. The lowest BCUT2D eigenvalue weighted by Gasteiger charge is -1.95. The van der Waals surface area contributed by atoms with Crippen molar-refractivity contribution in [2.45, 2.75) is 6.42 Å². The molecular weight excluding hydrogens is 194 g/mol. The zero-order valence-electron chi connectivity index (χ0n) is 8.09. The minimum atomic E-state index is -0.482. The van der Waals surface area contributed by atoms with Crippen LogP contribution in [0.4, 0.5) is 0 Å². The molecule has 5 heteroatoms. The monoisotopic (exact) mass is 205 g/mol. The third-order valence-electron chi connectivity index (χ3n) is 1.95. The quantitative estimate of drug-likeness (QED) is 0.783. The molecule has 0 atom stereocenters. The van der Waals surface area contributed by atoms with Gasteiger partial charge in [-0.05, 0) is 12.1 Å². The van der Waals surface area contributed by atoms with Crippen LogP contribution in [0.5, 0.6) is 0 Å². The summed E-state index contributed by atoms with van der Waals surface area (Å²) in [6, 6.07) is 9.11. The maximum atomic E-state index is 11.4. The number of benzene rings is 1. The lowest BCUT2D eigenvalue weighted by Crippen LogP contribution is -2.13. The van der Waals surface area contributed by atoms with Crippen LogP contribution in [0.1, 0.15) is 5.89 Å². The zero-order valence-corrected chi connectivity index (χ0v) is 8.09. The molecule has 2 N–H and O–H groups in total. The Labute approximate surface area is 86.1 Å². The van der Waals surface area contributed by atoms with E-state index in [1.165, 1.54) is 4.68 Å². The summed E-state index contributed by atoms with van der Waals surface area (Å²) in [5.74, 6) is -0.115. The van der Waals surface area contributed by atoms with Gasteiger partial charge in [-0.1, -0.05) is 18.2 Å². The molecule has 0 aliphatic heterocycles. The average molecular weight is 205 g/mol. The fraction of sp³-hybridized carbons (Fsp3) is 0.200. The first-order valence-electron chi connectivity index (χ1n) is 4.66. The Morgan fingerprint density at radius 2 is 2.07 bits per heavy atom. The van der Waals surface area contributed by atoms with Crippen molar-refractivity contribution in [3.05, 3.63) is 46.8 Å². The third kappa shape index (κ3) is 1.97. The molecule has 0 fully saturated rings. The van der Waals surface area contributed by atoms with Gasteiger partial charge in [0.1, 0.15) is 0 Å². The van der Waals surface area contributed by atoms with E-state index in [0.29, 0.717) is 24.5 Å². The number of rotatable bonds is 3. The van der Waals surface area contributed by atoms with Crippen molar-refractivity contribution in [1.82, 2.24) is 9.78 Å². The summed E-state index contributed by atoms with van der Waals surface area (Å²) in [4.78, 5) is 11.4. The first-order valence-corrected chi connectivity index (χ1v) is 4.66. The Morgan fingerprint density at radius 3 is 2.73 bits per heavy atom. The van der Waals surface area contributed by atoms with Crippen LogP contribution < -0.4 is 11.5 Å². The Hall–Kier alpha value is -1.88. The van der Waals surface area contributed by atoms with Crippen LogP contribution in [0, 0.1) is 0 Å². The van der Waals surface area contributed by atoms with Gasteiger partial charge in [-0.2, -0.15) is 4.68 Å². The fourth-order valence-electron chi connectivity index (χ4n) is 1.27. The Morgan fingerprint density at radius 1 is 1.33 bits per heavy atom. The molecular formula is C10H11N3O2. The molecule has 2 aromatic rings. The van der Waals surface area contributed by atoms with Gasteiger partial charge in [0, 0.05) is 13.0 Å². The fourth-order valence-corrected chi connectivity index (χ4v) is 1.27. The molecule has 1 aromatic heterocycles. The maximum absolute atomic E-state index is 11.4. The number of hydrogen-bond acceptors (Lipinski definition) is 4. The van der Waals surface area contributed by atoms with Crippen LogP contribution in [0.3, 0.4) is 0 Å².